The zero-order chi connectivity index (χ0) is 11.1. The number of hydrogen-bond donors (Lipinski definition) is 1. The van der Waals surface area contributed by atoms with E-state index in [1.165, 1.54) is 44.6 Å². The van der Waals surface area contributed by atoms with Gasteiger partial charge in [0.25, 0.3) is 0 Å². The van der Waals surface area contributed by atoms with Crippen molar-refractivity contribution in [1.82, 2.24) is 5.32 Å². The zero-order valence-electron chi connectivity index (χ0n) is 10.6. The van der Waals surface area contributed by atoms with Crippen LogP contribution in [-0.2, 0) is 0 Å². The number of nitrogens with one attached hydrogen (secondary N) is 1. The fourth-order valence-electron chi connectivity index (χ4n) is 6.65. The van der Waals surface area contributed by atoms with Crippen LogP contribution in [0.15, 0.2) is 12.2 Å². The minimum atomic E-state index is 0.889. The molecule has 6 saturated carbocycles. The normalized spacial score (nSPS) is 62.9. The molecule has 1 aliphatic heterocycles. The molecule has 8 atom stereocenters. The summed E-state index contributed by atoms with van der Waals surface area (Å²) in [6, 6.07) is 0.889. The van der Waals surface area contributed by atoms with Gasteiger partial charge in [0, 0.05) is 6.04 Å². The van der Waals surface area contributed by atoms with Gasteiger partial charge in [0.05, 0.1) is 0 Å². The van der Waals surface area contributed by atoms with Gasteiger partial charge in [-0.15, -0.1) is 0 Å². The highest BCUT2D eigenvalue weighted by Gasteiger charge is 2.75. The molecule has 1 saturated heterocycles. The molecule has 0 aromatic heterocycles. The molecule has 1 heterocycles. The van der Waals surface area contributed by atoms with Crippen LogP contribution in [-0.4, -0.2) is 12.6 Å². The molecule has 0 amide bonds. The fourth-order valence-corrected chi connectivity index (χ4v) is 6.65. The van der Waals surface area contributed by atoms with Crippen molar-refractivity contribution in [2.45, 2.75) is 38.1 Å². The van der Waals surface area contributed by atoms with E-state index in [4.69, 9.17) is 0 Å². The maximum atomic E-state index is 4.37. The fraction of sp³-hybridized carbons (Fsp3) is 0.875. The Bertz CT molecular complexity index is 330. The van der Waals surface area contributed by atoms with Crippen molar-refractivity contribution in [3.8, 4) is 0 Å². The molecule has 0 spiro atoms. The number of allylic oxidation sites excluding steroid dienone is 1. The Balaban J connectivity index is 1.56. The van der Waals surface area contributed by atoms with Crippen LogP contribution in [0.25, 0.3) is 0 Å². The van der Waals surface area contributed by atoms with Crippen LogP contribution in [0, 0.1) is 41.4 Å². The summed E-state index contributed by atoms with van der Waals surface area (Å²) in [5, 5.41) is 3.90. The largest absolute Gasteiger partial charge is 0.313 e. The maximum absolute atomic E-state index is 4.37. The third-order valence-corrected chi connectivity index (χ3v) is 7.08. The topological polar surface area (TPSA) is 12.0 Å². The Morgan fingerprint density at radius 3 is 2.59 bits per heavy atom. The van der Waals surface area contributed by atoms with Gasteiger partial charge in [-0.2, -0.15) is 0 Å². The van der Waals surface area contributed by atoms with Crippen LogP contribution in [0.4, 0.5) is 0 Å². The van der Waals surface area contributed by atoms with Crippen molar-refractivity contribution < 1.29 is 0 Å². The first kappa shape index (κ1) is 9.61. The molecule has 1 nitrogen and oxygen atoms in total. The number of rotatable bonds is 0. The SMILES string of the molecule is C=C1CC2C3CCCCNC4C(C1)C1C3C2C41. The molecule has 7 rings (SSSR count). The molecule has 17 heavy (non-hydrogen) atoms. The second kappa shape index (κ2) is 2.99. The molecule has 8 unspecified atom stereocenters. The van der Waals surface area contributed by atoms with E-state index >= 15 is 0 Å². The monoisotopic (exact) mass is 229 g/mol. The van der Waals surface area contributed by atoms with Gasteiger partial charge in [0.2, 0.25) is 0 Å². The lowest BCUT2D eigenvalue weighted by molar-refractivity contribution is -0.303. The molecular weight excluding hydrogens is 206 g/mol. The highest BCUT2D eigenvalue weighted by Crippen LogP contribution is 2.77. The summed E-state index contributed by atoms with van der Waals surface area (Å²) in [6.45, 7) is 5.66. The van der Waals surface area contributed by atoms with E-state index in [0.717, 1.165) is 41.5 Å². The Morgan fingerprint density at radius 1 is 0.882 bits per heavy atom. The average molecular weight is 229 g/mol. The first-order chi connectivity index (χ1) is 8.36. The van der Waals surface area contributed by atoms with Gasteiger partial charge in [-0.3, -0.25) is 0 Å². The summed E-state index contributed by atoms with van der Waals surface area (Å²) in [6.07, 6.45) is 7.16. The quantitative estimate of drug-likeness (QED) is 0.630. The molecule has 1 heteroatoms. The third-order valence-electron chi connectivity index (χ3n) is 7.08. The molecule has 7 aliphatic rings. The van der Waals surface area contributed by atoms with E-state index < -0.39 is 0 Å². The Morgan fingerprint density at radius 2 is 1.65 bits per heavy atom. The predicted molar refractivity (Wildman–Crippen MR) is 68.4 cm³/mol. The van der Waals surface area contributed by atoms with Crippen LogP contribution < -0.4 is 5.32 Å². The van der Waals surface area contributed by atoms with Gasteiger partial charge < -0.3 is 5.32 Å². The summed E-state index contributed by atoms with van der Waals surface area (Å²) >= 11 is 0. The summed E-state index contributed by atoms with van der Waals surface area (Å²) in [7, 11) is 0. The smallest absolute Gasteiger partial charge is 0.0135 e. The van der Waals surface area contributed by atoms with E-state index in [0.29, 0.717) is 0 Å². The first-order valence-electron chi connectivity index (χ1n) is 7.76. The highest BCUT2D eigenvalue weighted by atomic mass is 15.0. The molecule has 0 radical (unpaired) electrons. The molecule has 7 fully saturated rings. The molecular formula is C16H23N. The second-order valence-corrected chi connectivity index (χ2v) is 7.43. The molecule has 1 N–H and O–H groups in total. The van der Waals surface area contributed by atoms with Crippen LogP contribution in [0.1, 0.15) is 32.1 Å². The summed E-state index contributed by atoms with van der Waals surface area (Å²) in [5.74, 6) is 7.65. The van der Waals surface area contributed by atoms with Gasteiger partial charge in [0.15, 0.2) is 0 Å². The third kappa shape index (κ3) is 0.950. The van der Waals surface area contributed by atoms with Crippen LogP contribution in [0.5, 0.6) is 0 Å². The number of hydrogen-bond acceptors (Lipinski definition) is 1. The lowest BCUT2D eigenvalue weighted by Crippen LogP contribution is -2.80. The van der Waals surface area contributed by atoms with Gasteiger partial charge in [0.1, 0.15) is 0 Å². The highest BCUT2D eigenvalue weighted by molar-refractivity contribution is 5.28. The first-order valence-corrected chi connectivity index (χ1v) is 7.76. The van der Waals surface area contributed by atoms with Crippen LogP contribution >= 0.6 is 0 Å². The molecule has 0 aromatic rings. The summed E-state index contributed by atoms with van der Waals surface area (Å²) in [5.41, 5.74) is 1.59. The maximum Gasteiger partial charge on any atom is 0.0135 e. The Labute approximate surface area is 104 Å². The van der Waals surface area contributed by atoms with Crippen LogP contribution in [0.2, 0.25) is 0 Å². The van der Waals surface area contributed by atoms with Crippen molar-refractivity contribution >= 4 is 0 Å². The zero-order valence-corrected chi connectivity index (χ0v) is 10.6. The van der Waals surface area contributed by atoms with Gasteiger partial charge in [-0.05, 0) is 73.7 Å². The van der Waals surface area contributed by atoms with Crippen molar-refractivity contribution in [1.29, 1.82) is 0 Å². The average Bonchev–Trinajstić information content (AvgIpc) is 2.29. The van der Waals surface area contributed by atoms with E-state index in [2.05, 4.69) is 11.9 Å². The molecule has 92 valence electrons. The molecule has 6 aliphatic carbocycles. The lowest BCUT2D eigenvalue weighted by Gasteiger charge is -2.80. The standard InChI is InChI=1S/C16H23N/c1-8-6-10-9-4-2-3-5-17-16-11(7-8)14-12(9)13(10)15(14)16/h9-17H,1-7H2. The van der Waals surface area contributed by atoms with Gasteiger partial charge in [-0.1, -0.05) is 18.6 Å². The lowest BCUT2D eigenvalue weighted by atomic mass is 9.26. The van der Waals surface area contributed by atoms with E-state index in [-0.39, 0.29) is 0 Å². The minimum Gasteiger partial charge on any atom is -0.313 e. The predicted octanol–water partition coefficient (Wildman–Crippen LogP) is 2.83. The van der Waals surface area contributed by atoms with E-state index in [9.17, 15) is 0 Å². The van der Waals surface area contributed by atoms with Gasteiger partial charge in [-0.25, -0.2) is 0 Å². The minimum absolute atomic E-state index is 0.889. The second-order valence-electron chi connectivity index (χ2n) is 7.43. The van der Waals surface area contributed by atoms with Crippen molar-refractivity contribution in [3.05, 3.63) is 12.2 Å². The molecule has 8 bridgehead atoms. The van der Waals surface area contributed by atoms with E-state index in [1.807, 2.05) is 0 Å². The molecule has 0 aromatic carbocycles. The van der Waals surface area contributed by atoms with Crippen molar-refractivity contribution in [3.63, 3.8) is 0 Å². The van der Waals surface area contributed by atoms with Crippen molar-refractivity contribution in [2.75, 3.05) is 6.54 Å². The van der Waals surface area contributed by atoms with E-state index in [1.54, 1.807) is 5.57 Å². The summed E-state index contributed by atoms with van der Waals surface area (Å²) in [4.78, 5) is 0. The van der Waals surface area contributed by atoms with Crippen molar-refractivity contribution in [2.24, 2.45) is 41.4 Å². The Hall–Kier alpha value is -0.300. The van der Waals surface area contributed by atoms with Crippen LogP contribution in [0.3, 0.4) is 0 Å². The van der Waals surface area contributed by atoms with Gasteiger partial charge >= 0.3 is 0 Å². The Kier molecular flexibility index (Phi) is 1.69. The summed E-state index contributed by atoms with van der Waals surface area (Å²) < 4.78 is 0.